The van der Waals surface area contributed by atoms with Crippen molar-refractivity contribution in [1.82, 2.24) is 0 Å². The Kier molecular flexibility index (Phi) is 3.82. The van der Waals surface area contributed by atoms with Crippen molar-refractivity contribution < 1.29 is 4.20 Å². The molecule has 3 nitrogen and oxygen atoms in total. The van der Waals surface area contributed by atoms with Gasteiger partial charge >= 0.3 is 0 Å². The SMILES string of the molecule is [N-]=[N+]=NP(F)I. The molecule has 0 bridgehead atoms. The summed E-state index contributed by atoms with van der Waals surface area (Å²) in [7, 11) is 0. The maximum atomic E-state index is 11.3. The fraction of sp³-hybridized carbons (Fsp3) is 0. The van der Waals surface area contributed by atoms with Crippen LogP contribution in [-0.2, 0) is 0 Å². The summed E-state index contributed by atoms with van der Waals surface area (Å²) in [6.07, 6.45) is 0. The van der Waals surface area contributed by atoms with Gasteiger partial charge in [-0.2, -0.15) is 0 Å². The highest BCUT2D eigenvalue weighted by molar-refractivity contribution is 14.2. The van der Waals surface area contributed by atoms with Crippen molar-refractivity contribution in [2.45, 2.75) is 0 Å². The summed E-state index contributed by atoms with van der Waals surface area (Å²) in [4.78, 5) is 4.90. The van der Waals surface area contributed by atoms with Gasteiger partial charge in [0.2, 0.25) is 6.03 Å². The van der Waals surface area contributed by atoms with Crippen LogP contribution in [0.5, 0.6) is 0 Å². The Morgan fingerprint density at radius 2 is 2.50 bits per heavy atom. The molecule has 1 unspecified atom stereocenters. The van der Waals surface area contributed by atoms with Gasteiger partial charge < -0.3 is 0 Å². The molecule has 0 heterocycles. The maximum Gasteiger partial charge on any atom is 0.236 e. The first-order valence-electron chi connectivity index (χ1n) is 0.938. The Morgan fingerprint density at radius 1 is 2.00 bits per heavy atom. The molecule has 0 saturated carbocycles. The molecule has 0 aromatic heterocycles. The van der Waals surface area contributed by atoms with E-state index in [0.717, 1.165) is 0 Å². The second kappa shape index (κ2) is 3.59. The highest BCUT2D eigenvalue weighted by atomic mass is 127. The van der Waals surface area contributed by atoms with Crippen molar-refractivity contribution >= 4 is 28.1 Å². The number of rotatable bonds is 1. The Hall–Kier alpha value is 0.400. The summed E-state index contributed by atoms with van der Waals surface area (Å²) < 4.78 is 11.3. The van der Waals surface area contributed by atoms with E-state index in [0.29, 0.717) is 0 Å². The lowest BCUT2D eigenvalue weighted by Crippen LogP contribution is -1.23. The van der Waals surface area contributed by atoms with E-state index >= 15 is 0 Å². The molecule has 1 atom stereocenters. The summed E-state index contributed by atoms with van der Waals surface area (Å²) in [5.41, 5.74) is 7.47. The van der Waals surface area contributed by atoms with Crippen molar-refractivity contribution in [2.75, 3.05) is 0 Å². The molecule has 6 heteroatoms. The first-order valence-corrected chi connectivity index (χ1v) is 4.91. The second-order valence-electron chi connectivity index (χ2n) is 0.394. The summed E-state index contributed by atoms with van der Waals surface area (Å²) in [6.45, 7) is 0. The first-order chi connectivity index (χ1) is 2.77. The van der Waals surface area contributed by atoms with E-state index in [1.807, 2.05) is 0 Å². The quantitative estimate of drug-likeness (QED) is 0.214. The van der Waals surface area contributed by atoms with Gasteiger partial charge in [0, 0.05) is 4.91 Å². The van der Waals surface area contributed by atoms with Gasteiger partial charge in [0.05, 0.1) is 0 Å². The molecule has 0 aliphatic carbocycles. The van der Waals surface area contributed by atoms with E-state index in [1.54, 1.807) is 0 Å². The van der Waals surface area contributed by atoms with Crippen LogP contribution in [0.4, 0.5) is 4.20 Å². The summed E-state index contributed by atoms with van der Waals surface area (Å²) in [5.74, 6) is 0. The van der Waals surface area contributed by atoms with Crippen LogP contribution in [0, 0.1) is 0 Å². The minimum atomic E-state index is -1.92. The Bertz CT molecular complexity index is 74.9. The number of hydrogen-bond acceptors (Lipinski definition) is 1. The molecule has 0 rings (SSSR count). The molecule has 0 N–H and O–H groups in total. The third-order valence-corrected chi connectivity index (χ3v) is 0.902. The lowest BCUT2D eigenvalue weighted by Gasteiger charge is -1.73. The molecular formula is FIN3P. The third-order valence-electron chi connectivity index (χ3n) is 0.108. The molecular weight excluding hydrogens is 219 g/mol. The van der Waals surface area contributed by atoms with Gasteiger partial charge in [-0.3, -0.25) is 0 Å². The zero-order valence-electron chi connectivity index (χ0n) is 2.54. The monoisotopic (exact) mass is 219 g/mol. The van der Waals surface area contributed by atoms with Crippen LogP contribution in [0.1, 0.15) is 0 Å². The largest absolute Gasteiger partial charge is 0.236 e. The molecule has 0 fully saturated rings. The number of hydrogen-bond donors (Lipinski definition) is 0. The normalized spacial score (nSPS) is 12.3. The zero-order chi connectivity index (χ0) is 4.99. The Labute approximate surface area is 48.0 Å². The highest BCUT2D eigenvalue weighted by Gasteiger charge is 1.88. The molecule has 34 valence electrons. The topological polar surface area (TPSA) is 48.8 Å². The number of nitrogens with zero attached hydrogens (tertiary/aromatic N) is 3. The van der Waals surface area contributed by atoms with Crippen LogP contribution in [-0.4, -0.2) is 0 Å². The lowest BCUT2D eigenvalue weighted by molar-refractivity contribution is 0.914. The van der Waals surface area contributed by atoms with Gasteiger partial charge in [-0.25, -0.2) is 4.20 Å². The van der Waals surface area contributed by atoms with Crippen LogP contribution >= 0.6 is 28.1 Å². The van der Waals surface area contributed by atoms with Gasteiger partial charge in [0.25, 0.3) is 0 Å². The van der Waals surface area contributed by atoms with Gasteiger partial charge in [-0.05, 0) is 32.5 Å². The summed E-state index contributed by atoms with van der Waals surface area (Å²) >= 11 is 1.42. The van der Waals surface area contributed by atoms with E-state index in [1.165, 1.54) is 22.0 Å². The molecule has 0 aliphatic heterocycles. The van der Waals surface area contributed by atoms with Crippen LogP contribution in [0.25, 0.3) is 10.4 Å². The molecule has 0 spiro atoms. The van der Waals surface area contributed by atoms with E-state index in [4.69, 9.17) is 5.53 Å². The molecule has 0 amide bonds. The maximum absolute atomic E-state index is 11.3. The predicted octanol–water partition coefficient (Wildman–Crippen LogP) is 2.93. The van der Waals surface area contributed by atoms with E-state index in [9.17, 15) is 4.20 Å². The molecule has 0 aliphatic rings. The van der Waals surface area contributed by atoms with Gasteiger partial charge in [0.1, 0.15) is 0 Å². The van der Waals surface area contributed by atoms with Crippen molar-refractivity contribution in [1.29, 1.82) is 0 Å². The predicted molar refractivity (Wildman–Crippen MR) is 31.2 cm³/mol. The average molecular weight is 219 g/mol. The van der Waals surface area contributed by atoms with Crippen LogP contribution < -0.4 is 0 Å². The standard InChI is InChI=1S/FIN3P/c1-6(2)5-4-3. The summed E-state index contributed by atoms with van der Waals surface area (Å²) in [5, 5.41) is 0. The molecule has 0 radical (unpaired) electrons. The minimum absolute atomic E-state index is 1.42. The first kappa shape index (κ1) is 6.40. The summed E-state index contributed by atoms with van der Waals surface area (Å²) in [6, 6.07) is -1.92. The van der Waals surface area contributed by atoms with Crippen molar-refractivity contribution in [3.8, 4) is 0 Å². The van der Waals surface area contributed by atoms with Gasteiger partial charge in [-0.15, -0.1) is 0 Å². The number of azide groups is 1. The van der Waals surface area contributed by atoms with Crippen molar-refractivity contribution in [3.63, 3.8) is 0 Å². The second-order valence-corrected chi connectivity index (χ2v) is 3.39. The number of halogens is 2. The van der Waals surface area contributed by atoms with Crippen LogP contribution in [0.15, 0.2) is 4.88 Å². The molecule has 0 saturated heterocycles. The van der Waals surface area contributed by atoms with E-state index in [2.05, 4.69) is 9.80 Å². The van der Waals surface area contributed by atoms with E-state index < -0.39 is 6.03 Å². The highest BCUT2D eigenvalue weighted by Crippen LogP contribution is 2.47. The van der Waals surface area contributed by atoms with Gasteiger partial charge in [0.15, 0.2) is 0 Å². The Balaban J connectivity index is 3.29. The lowest BCUT2D eigenvalue weighted by atomic mass is 13.0. The van der Waals surface area contributed by atoms with Crippen molar-refractivity contribution in [3.05, 3.63) is 10.4 Å². The smallest absolute Gasteiger partial charge is 0.208 e. The fourth-order valence-corrected chi connectivity index (χ4v) is 0.350. The third kappa shape index (κ3) is 4.40. The van der Waals surface area contributed by atoms with E-state index in [-0.39, 0.29) is 0 Å². The van der Waals surface area contributed by atoms with Crippen LogP contribution in [0.2, 0.25) is 0 Å². The van der Waals surface area contributed by atoms with Crippen LogP contribution in [0.3, 0.4) is 0 Å². The fourth-order valence-electron chi connectivity index (χ4n) is 0.0302. The molecule has 0 aromatic carbocycles. The van der Waals surface area contributed by atoms with Crippen molar-refractivity contribution in [2.24, 2.45) is 4.88 Å². The Morgan fingerprint density at radius 3 is 2.50 bits per heavy atom. The van der Waals surface area contributed by atoms with Gasteiger partial charge in [-0.1, -0.05) is 0 Å². The molecule has 0 aromatic rings. The average Bonchev–Trinajstić information content (AvgIpc) is 1.35. The molecule has 6 heavy (non-hydrogen) atoms. The minimum Gasteiger partial charge on any atom is -0.208 e. The zero-order valence-corrected chi connectivity index (χ0v) is 5.60.